The second-order valence-corrected chi connectivity index (χ2v) is 17.6. The van der Waals surface area contributed by atoms with E-state index in [-0.39, 0.29) is 24.0 Å². The van der Waals surface area contributed by atoms with Crippen molar-refractivity contribution in [2.45, 2.75) is 63.6 Å². The van der Waals surface area contributed by atoms with Gasteiger partial charge in [0.05, 0.1) is 22.7 Å². The number of anilines is 6. The monoisotopic (exact) mass is 830 g/mol. The number of ether oxygens (including phenoxy) is 2. The molecule has 64 heavy (non-hydrogen) atoms. The van der Waals surface area contributed by atoms with Gasteiger partial charge in [-0.15, -0.1) is 0 Å². The Labute approximate surface area is 375 Å². The van der Waals surface area contributed by atoms with E-state index in [1.807, 2.05) is 0 Å². The summed E-state index contributed by atoms with van der Waals surface area (Å²) in [4.78, 5) is 4.89. The molecule has 0 bridgehead atoms. The number of hydrogen-bond acceptors (Lipinski definition) is 4. The maximum Gasteiger partial charge on any atom is 0.148 e. The highest BCUT2D eigenvalue weighted by Crippen LogP contribution is 2.55. The van der Waals surface area contributed by atoms with Crippen molar-refractivity contribution in [3.8, 4) is 11.5 Å². The van der Waals surface area contributed by atoms with E-state index in [2.05, 4.69) is 218 Å². The number of fused-ring (bicyclic) bond motifs is 11. The van der Waals surface area contributed by atoms with Crippen LogP contribution in [0.3, 0.4) is 0 Å². The van der Waals surface area contributed by atoms with Gasteiger partial charge in [-0.05, 0) is 106 Å². The molecule has 0 radical (unpaired) electrons. The van der Waals surface area contributed by atoms with Crippen molar-refractivity contribution >= 4 is 66.4 Å². The molecule has 0 fully saturated rings. The second-order valence-electron chi connectivity index (χ2n) is 17.6. The number of nitrogens with zero attached hydrogens (tertiary/aromatic N) is 2. The highest BCUT2D eigenvalue weighted by molar-refractivity contribution is 6.24. The minimum atomic E-state index is -0.0235. The molecular formula is C60H50N2O2. The van der Waals surface area contributed by atoms with Crippen LogP contribution in [0.15, 0.2) is 194 Å². The molecule has 0 N–H and O–H groups in total. The van der Waals surface area contributed by atoms with Crippen molar-refractivity contribution in [1.29, 1.82) is 0 Å². The second kappa shape index (κ2) is 15.8. The van der Waals surface area contributed by atoms with Crippen molar-refractivity contribution in [2.24, 2.45) is 0 Å². The topological polar surface area (TPSA) is 24.9 Å². The van der Waals surface area contributed by atoms with Gasteiger partial charge in [0.1, 0.15) is 23.7 Å². The van der Waals surface area contributed by atoms with Crippen LogP contribution in [0, 0.1) is 0 Å². The van der Waals surface area contributed by atoms with Gasteiger partial charge in [0.25, 0.3) is 0 Å². The molecule has 2 aliphatic carbocycles. The molecule has 4 heteroatoms. The van der Waals surface area contributed by atoms with Gasteiger partial charge in [-0.2, -0.15) is 0 Å². The summed E-state index contributed by atoms with van der Waals surface area (Å²) in [5.41, 5.74) is 11.7. The van der Waals surface area contributed by atoms with E-state index in [9.17, 15) is 0 Å². The number of aryl methyl sites for hydroxylation is 2. The fraction of sp³-hybridized carbons (Fsp3) is 0.167. The third-order valence-electron chi connectivity index (χ3n) is 13.7. The molecule has 0 aromatic heterocycles. The van der Waals surface area contributed by atoms with E-state index in [1.54, 1.807) is 0 Å². The summed E-state index contributed by atoms with van der Waals surface area (Å²) in [6, 6.07) is 54.4. The third-order valence-corrected chi connectivity index (χ3v) is 13.7. The van der Waals surface area contributed by atoms with Gasteiger partial charge in [0.2, 0.25) is 0 Å². The fourth-order valence-electron chi connectivity index (χ4n) is 10.7. The lowest BCUT2D eigenvalue weighted by Gasteiger charge is -2.31. The summed E-state index contributed by atoms with van der Waals surface area (Å²) >= 11 is 0. The van der Waals surface area contributed by atoms with Crippen molar-refractivity contribution in [1.82, 2.24) is 0 Å². The minimum absolute atomic E-state index is 0.0235. The van der Waals surface area contributed by atoms with Crippen LogP contribution in [0.1, 0.15) is 60.8 Å². The molecule has 8 aromatic rings. The van der Waals surface area contributed by atoms with Gasteiger partial charge in [0.15, 0.2) is 0 Å². The van der Waals surface area contributed by atoms with Gasteiger partial charge >= 0.3 is 0 Å². The van der Waals surface area contributed by atoms with Crippen LogP contribution in [-0.4, -0.2) is 12.2 Å². The van der Waals surface area contributed by atoms with E-state index >= 15 is 0 Å². The standard InChI is InChI=1S/C60H50N2O2/c1-3-15-39-29-33-41(34-30-39)61(53-25-13-23-49-47-21-9-11-27-57(47)63-59(49)53)55-37-51-44-18-6-8-20-46(44)56(38-52(51)43-17-5-7-19-45(43)55)62(42-35-31-40(16-4-2)32-36-42)54-26-14-24-50-48-22-10-12-28-58(48)64-60(50)54/h5-14,17-38,47-48,57-58H,3-4,15-16H2,1-2H3. The first-order valence-electron chi connectivity index (χ1n) is 23.1. The van der Waals surface area contributed by atoms with Crippen LogP contribution in [0.5, 0.6) is 11.5 Å². The van der Waals surface area contributed by atoms with E-state index < -0.39 is 0 Å². The van der Waals surface area contributed by atoms with Crippen molar-refractivity contribution in [2.75, 3.05) is 9.80 Å². The van der Waals surface area contributed by atoms with E-state index in [0.717, 1.165) is 71.3 Å². The molecule has 8 aromatic carbocycles. The first-order chi connectivity index (χ1) is 31.7. The summed E-state index contributed by atoms with van der Waals surface area (Å²) in [5, 5.41) is 7.12. The smallest absolute Gasteiger partial charge is 0.148 e. The van der Waals surface area contributed by atoms with E-state index in [1.165, 1.54) is 54.6 Å². The molecule has 4 aliphatic rings. The Morgan fingerprint density at radius 1 is 0.391 bits per heavy atom. The lowest BCUT2D eigenvalue weighted by molar-refractivity contribution is 0.269. The molecule has 0 amide bonds. The van der Waals surface area contributed by atoms with Crippen LogP contribution in [-0.2, 0) is 12.8 Å². The molecule has 0 saturated carbocycles. The number of rotatable bonds is 10. The summed E-state index contributed by atoms with van der Waals surface area (Å²) in [7, 11) is 0. The summed E-state index contributed by atoms with van der Waals surface area (Å²) in [6.45, 7) is 4.49. The van der Waals surface area contributed by atoms with Gasteiger partial charge in [-0.25, -0.2) is 0 Å². The number of benzene rings is 8. The molecule has 2 aliphatic heterocycles. The largest absolute Gasteiger partial charge is 0.483 e. The van der Waals surface area contributed by atoms with Gasteiger partial charge in [-0.1, -0.05) is 160 Å². The average molecular weight is 831 g/mol. The van der Waals surface area contributed by atoms with Gasteiger partial charge < -0.3 is 19.3 Å². The van der Waals surface area contributed by atoms with Crippen molar-refractivity contribution in [3.63, 3.8) is 0 Å². The number of hydrogen-bond donors (Lipinski definition) is 0. The van der Waals surface area contributed by atoms with Crippen LogP contribution < -0.4 is 19.3 Å². The Balaban J connectivity index is 1.11. The predicted molar refractivity (Wildman–Crippen MR) is 267 cm³/mol. The normalized spacial score (nSPS) is 18.7. The van der Waals surface area contributed by atoms with E-state index in [4.69, 9.17) is 9.47 Å². The zero-order valence-corrected chi connectivity index (χ0v) is 36.3. The highest BCUT2D eigenvalue weighted by atomic mass is 16.5. The summed E-state index contributed by atoms with van der Waals surface area (Å²) < 4.78 is 13.8. The predicted octanol–water partition coefficient (Wildman–Crippen LogP) is 15.9. The Morgan fingerprint density at radius 3 is 1.22 bits per heavy atom. The lowest BCUT2D eigenvalue weighted by atomic mass is 9.91. The van der Waals surface area contributed by atoms with Gasteiger partial charge in [0, 0.05) is 45.1 Å². The molecule has 4 atom stereocenters. The highest BCUT2D eigenvalue weighted by Gasteiger charge is 2.37. The lowest BCUT2D eigenvalue weighted by Crippen LogP contribution is -2.16. The van der Waals surface area contributed by atoms with Crippen molar-refractivity contribution in [3.05, 3.63) is 216 Å². The summed E-state index contributed by atoms with van der Waals surface area (Å²) in [6.07, 6.45) is 21.7. The number of para-hydroxylation sites is 2. The zero-order chi connectivity index (χ0) is 42.7. The average Bonchev–Trinajstić information content (AvgIpc) is 3.93. The Morgan fingerprint density at radius 2 is 0.797 bits per heavy atom. The van der Waals surface area contributed by atoms with Crippen molar-refractivity contribution < 1.29 is 9.47 Å². The zero-order valence-electron chi connectivity index (χ0n) is 36.3. The molecule has 4 unspecified atom stereocenters. The first kappa shape index (κ1) is 38.4. The fourth-order valence-corrected chi connectivity index (χ4v) is 10.7. The quantitative estimate of drug-likeness (QED) is 0.128. The van der Waals surface area contributed by atoms with Crippen LogP contribution >= 0.6 is 0 Å². The van der Waals surface area contributed by atoms with Gasteiger partial charge in [-0.3, -0.25) is 0 Å². The minimum Gasteiger partial charge on any atom is -0.483 e. The molecule has 12 rings (SSSR count). The molecule has 0 spiro atoms. The molecule has 312 valence electrons. The molecular weight excluding hydrogens is 781 g/mol. The maximum atomic E-state index is 6.90. The third kappa shape index (κ3) is 6.26. The van der Waals surface area contributed by atoms with Crippen LogP contribution in [0.25, 0.3) is 32.3 Å². The number of allylic oxidation sites excluding steroid dienone is 4. The Hall–Kier alpha value is -7.30. The molecule has 4 nitrogen and oxygen atoms in total. The molecule has 2 heterocycles. The summed E-state index contributed by atoms with van der Waals surface area (Å²) in [5.74, 6) is 2.26. The van der Waals surface area contributed by atoms with Crippen LogP contribution in [0.4, 0.5) is 34.1 Å². The first-order valence-corrected chi connectivity index (χ1v) is 23.1. The Kier molecular flexibility index (Phi) is 9.48. The van der Waals surface area contributed by atoms with E-state index in [0.29, 0.717) is 0 Å². The SMILES string of the molecule is CCCc1ccc(N(c2cccc3c2OC2C=CC=CC32)c2cc3c4ccccc4c(N(c4ccc(CCC)cc4)c4cccc5c4OC4C=CC=CC54)cc3c3ccccc23)cc1. The maximum absolute atomic E-state index is 6.90. The Bertz CT molecular complexity index is 3010. The van der Waals surface area contributed by atoms with Crippen LogP contribution in [0.2, 0.25) is 0 Å². The molecule has 0 saturated heterocycles.